The Bertz CT molecular complexity index is 612. The van der Waals surface area contributed by atoms with Crippen molar-refractivity contribution in [3.05, 3.63) is 16.7 Å². The fraction of sp³-hybridized carbons (Fsp3) is 0.583. The fourth-order valence-electron chi connectivity index (χ4n) is 1.82. The number of anilines is 1. The molecule has 0 amide bonds. The highest BCUT2D eigenvalue weighted by Gasteiger charge is 2.43. The first-order chi connectivity index (χ1) is 11.1. The van der Waals surface area contributed by atoms with Gasteiger partial charge in [0.25, 0.3) is 0 Å². The molecule has 0 unspecified atom stereocenters. The van der Waals surface area contributed by atoms with Gasteiger partial charge in [0.15, 0.2) is 0 Å². The minimum atomic E-state index is -5.09. The van der Waals surface area contributed by atoms with E-state index < -0.39 is 20.7 Å². The molecule has 0 radical (unpaired) electrons. The summed E-state index contributed by atoms with van der Waals surface area (Å²) in [6.07, 6.45) is 5.38. The SMILES string of the molecule is CCCCCCOc1cc(NC(P(=O)(O)O)P(=O)(O)O)ncc1Br. The third-order valence-corrected chi connectivity index (χ3v) is 6.92. The zero-order valence-electron chi connectivity index (χ0n) is 13.0. The molecule has 1 aromatic heterocycles. The Balaban J connectivity index is 2.84. The molecule has 24 heavy (non-hydrogen) atoms. The van der Waals surface area contributed by atoms with Gasteiger partial charge in [0.1, 0.15) is 11.6 Å². The average molecular weight is 447 g/mol. The first-order valence-electron chi connectivity index (χ1n) is 7.21. The van der Waals surface area contributed by atoms with Gasteiger partial charge < -0.3 is 29.6 Å². The van der Waals surface area contributed by atoms with Crippen LogP contribution in [0.3, 0.4) is 0 Å². The molecule has 12 heteroatoms. The predicted molar refractivity (Wildman–Crippen MR) is 93.1 cm³/mol. The maximum Gasteiger partial charge on any atom is 0.360 e. The van der Waals surface area contributed by atoms with Crippen LogP contribution in [-0.2, 0) is 9.13 Å². The Labute approximate surface area is 148 Å². The Morgan fingerprint density at radius 3 is 2.38 bits per heavy atom. The van der Waals surface area contributed by atoms with Crippen LogP contribution in [0.1, 0.15) is 32.6 Å². The molecule has 5 N–H and O–H groups in total. The first kappa shape index (κ1) is 21.6. The zero-order chi connectivity index (χ0) is 18.4. The van der Waals surface area contributed by atoms with Crippen molar-refractivity contribution in [3.63, 3.8) is 0 Å². The van der Waals surface area contributed by atoms with E-state index >= 15 is 0 Å². The van der Waals surface area contributed by atoms with E-state index in [0.717, 1.165) is 25.7 Å². The number of nitrogens with one attached hydrogen (secondary N) is 1. The van der Waals surface area contributed by atoms with E-state index in [9.17, 15) is 9.13 Å². The summed E-state index contributed by atoms with van der Waals surface area (Å²) in [4.78, 5) is 40.3. The van der Waals surface area contributed by atoms with Crippen molar-refractivity contribution in [2.24, 2.45) is 0 Å². The second kappa shape index (κ2) is 9.29. The van der Waals surface area contributed by atoms with Crippen LogP contribution in [0.5, 0.6) is 5.75 Å². The van der Waals surface area contributed by atoms with E-state index in [1.807, 2.05) is 0 Å². The standard InChI is InChI=1S/C12H21BrN2O7P2/c1-2-3-4-5-6-22-10-7-11(14-8-9(10)13)15-12(23(16,17)18)24(19,20)21/h7-8,12H,2-6H2,1H3,(H,14,15)(H2,16,17,18)(H2,19,20,21). The Morgan fingerprint density at radius 2 is 1.83 bits per heavy atom. The molecule has 0 aliphatic rings. The van der Waals surface area contributed by atoms with E-state index in [-0.39, 0.29) is 5.82 Å². The molecule has 1 rings (SSSR count). The van der Waals surface area contributed by atoms with Crippen molar-refractivity contribution < 1.29 is 33.4 Å². The van der Waals surface area contributed by atoms with Crippen molar-refractivity contribution in [2.45, 2.75) is 38.1 Å². The van der Waals surface area contributed by atoms with Gasteiger partial charge in [-0.25, -0.2) is 4.98 Å². The van der Waals surface area contributed by atoms with Gasteiger partial charge in [0, 0.05) is 12.3 Å². The predicted octanol–water partition coefficient (Wildman–Crippen LogP) is 2.85. The topological polar surface area (TPSA) is 149 Å². The summed E-state index contributed by atoms with van der Waals surface area (Å²) < 4.78 is 28.6. The number of hydrogen-bond donors (Lipinski definition) is 5. The lowest BCUT2D eigenvalue weighted by molar-refractivity contribution is 0.303. The molecule has 0 spiro atoms. The average Bonchev–Trinajstić information content (AvgIpc) is 2.44. The maximum absolute atomic E-state index is 11.3. The summed E-state index contributed by atoms with van der Waals surface area (Å²) in [5.41, 5.74) is -2.36. The molecule has 0 fully saturated rings. The largest absolute Gasteiger partial charge is 0.492 e. The molecular weight excluding hydrogens is 426 g/mol. The molecule has 0 saturated carbocycles. The lowest BCUT2D eigenvalue weighted by Gasteiger charge is -2.21. The molecule has 9 nitrogen and oxygen atoms in total. The highest BCUT2D eigenvalue weighted by Crippen LogP contribution is 2.59. The highest BCUT2D eigenvalue weighted by molar-refractivity contribution is 9.10. The van der Waals surface area contributed by atoms with Crippen molar-refractivity contribution in [1.82, 2.24) is 4.98 Å². The summed E-state index contributed by atoms with van der Waals surface area (Å²) in [5, 5.41) is 2.10. The van der Waals surface area contributed by atoms with Gasteiger partial charge in [-0.05, 0) is 22.4 Å². The normalized spacial score (nSPS) is 12.5. The summed E-state index contributed by atoms with van der Waals surface area (Å²) in [7, 11) is -10.2. The molecule has 0 aliphatic heterocycles. The number of unbranched alkanes of at least 4 members (excludes halogenated alkanes) is 3. The molecule has 0 aromatic carbocycles. The minimum Gasteiger partial charge on any atom is -0.492 e. The van der Waals surface area contributed by atoms with Crippen LogP contribution >= 0.6 is 31.1 Å². The monoisotopic (exact) mass is 446 g/mol. The van der Waals surface area contributed by atoms with E-state index in [1.165, 1.54) is 12.3 Å². The lowest BCUT2D eigenvalue weighted by Crippen LogP contribution is -2.20. The van der Waals surface area contributed by atoms with E-state index in [1.54, 1.807) is 0 Å². The van der Waals surface area contributed by atoms with Gasteiger partial charge in [-0.3, -0.25) is 9.13 Å². The number of aromatic nitrogens is 1. The lowest BCUT2D eigenvalue weighted by atomic mass is 10.2. The van der Waals surface area contributed by atoms with Gasteiger partial charge in [0.2, 0.25) is 5.52 Å². The van der Waals surface area contributed by atoms with Crippen LogP contribution in [0.15, 0.2) is 16.7 Å². The van der Waals surface area contributed by atoms with Crippen LogP contribution in [0, 0.1) is 0 Å². The highest BCUT2D eigenvalue weighted by atomic mass is 79.9. The molecule has 0 atom stereocenters. The van der Waals surface area contributed by atoms with Gasteiger partial charge in [0.05, 0.1) is 11.1 Å². The third kappa shape index (κ3) is 7.19. The molecule has 1 aromatic rings. The van der Waals surface area contributed by atoms with Crippen molar-refractivity contribution >= 4 is 36.9 Å². The number of rotatable bonds is 10. The quantitative estimate of drug-likeness (QED) is 0.270. The van der Waals surface area contributed by atoms with Gasteiger partial charge in [-0.2, -0.15) is 0 Å². The van der Waals surface area contributed by atoms with Gasteiger partial charge in [-0.1, -0.05) is 26.2 Å². The molecule has 1 heterocycles. The minimum absolute atomic E-state index is 0.113. The van der Waals surface area contributed by atoms with Crippen LogP contribution in [0.25, 0.3) is 0 Å². The number of ether oxygens (including phenoxy) is 1. The molecule has 0 aliphatic carbocycles. The fourth-order valence-corrected chi connectivity index (χ4v) is 4.32. The second-order valence-corrected chi connectivity index (χ2v) is 9.76. The molecule has 0 saturated heterocycles. The summed E-state index contributed by atoms with van der Waals surface area (Å²) in [6, 6.07) is 1.32. The Hall–Kier alpha value is -0.470. The number of halogens is 1. The summed E-state index contributed by atoms with van der Waals surface area (Å²) in [5.74, 6) is 0.248. The molecular formula is C12H21BrN2O7P2. The van der Waals surface area contributed by atoms with Crippen LogP contribution < -0.4 is 10.1 Å². The third-order valence-electron chi connectivity index (χ3n) is 2.99. The van der Waals surface area contributed by atoms with Gasteiger partial charge >= 0.3 is 15.2 Å². The van der Waals surface area contributed by atoms with Crippen LogP contribution in [0.2, 0.25) is 0 Å². The van der Waals surface area contributed by atoms with Crippen molar-refractivity contribution in [3.8, 4) is 5.75 Å². The van der Waals surface area contributed by atoms with Crippen LogP contribution in [-0.4, -0.2) is 36.7 Å². The molecule has 138 valence electrons. The summed E-state index contributed by atoms with van der Waals surface area (Å²) in [6.45, 7) is 2.54. The van der Waals surface area contributed by atoms with Gasteiger partial charge in [-0.15, -0.1) is 0 Å². The smallest absolute Gasteiger partial charge is 0.360 e. The second-order valence-electron chi connectivity index (χ2n) is 5.11. The first-order valence-corrected chi connectivity index (χ1v) is 11.4. The van der Waals surface area contributed by atoms with Crippen molar-refractivity contribution in [1.29, 1.82) is 0 Å². The van der Waals surface area contributed by atoms with Crippen molar-refractivity contribution in [2.75, 3.05) is 11.9 Å². The molecule has 0 bridgehead atoms. The van der Waals surface area contributed by atoms with Crippen LogP contribution in [0.4, 0.5) is 5.82 Å². The number of nitrogens with zero attached hydrogens (tertiary/aromatic N) is 1. The van der Waals surface area contributed by atoms with E-state index in [2.05, 4.69) is 33.2 Å². The van der Waals surface area contributed by atoms with E-state index in [4.69, 9.17) is 24.3 Å². The maximum atomic E-state index is 11.3. The summed E-state index contributed by atoms with van der Waals surface area (Å²) >= 11 is 3.24. The number of hydrogen-bond acceptors (Lipinski definition) is 5. The number of pyridine rings is 1. The Morgan fingerprint density at radius 1 is 1.21 bits per heavy atom. The Kier molecular flexibility index (Phi) is 8.35. The van der Waals surface area contributed by atoms with E-state index in [0.29, 0.717) is 16.8 Å². The zero-order valence-corrected chi connectivity index (χ0v) is 16.4.